The van der Waals surface area contributed by atoms with Gasteiger partial charge in [-0.05, 0) is 23.3 Å². The number of hydrogen-bond donors (Lipinski definition) is 0. The van der Waals surface area contributed by atoms with E-state index >= 15 is 0 Å². The molecule has 122 valence electrons. The molecule has 0 bridgehead atoms. The lowest BCUT2D eigenvalue weighted by atomic mass is 9.93. The molecule has 3 rings (SSSR count). The Bertz CT molecular complexity index is 711. The van der Waals surface area contributed by atoms with E-state index < -0.39 is 0 Å². The van der Waals surface area contributed by atoms with Crippen LogP contribution in [0.15, 0.2) is 60.7 Å². The van der Waals surface area contributed by atoms with Gasteiger partial charge >= 0.3 is 0 Å². The summed E-state index contributed by atoms with van der Waals surface area (Å²) >= 11 is 5.48. The minimum Gasteiger partial charge on any atom is -0.279 e. The molecule has 0 saturated carbocycles. The molecule has 0 N–H and O–H groups in total. The number of hydrogen-bond acceptors (Lipinski definition) is 3. The zero-order valence-electron chi connectivity index (χ0n) is 13.5. The van der Waals surface area contributed by atoms with Gasteiger partial charge in [0, 0.05) is 13.8 Å². The molecule has 2 atom stereocenters. The lowest BCUT2D eigenvalue weighted by molar-refractivity contribution is -0.127. The maximum atomic E-state index is 12.3. The predicted octanol–water partition coefficient (Wildman–Crippen LogP) is 3.46. The van der Waals surface area contributed by atoms with Gasteiger partial charge in [0.1, 0.15) is 0 Å². The summed E-state index contributed by atoms with van der Waals surface area (Å²) in [6.07, 6.45) is 0. The molecule has 2 aromatic carbocycles. The smallest absolute Gasteiger partial charge is 0.226 e. The van der Waals surface area contributed by atoms with Crippen LogP contribution in [0.5, 0.6) is 0 Å². The van der Waals surface area contributed by atoms with Crippen LogP contribution in [0.4, 0.5) is 0 Å². The van der Waals surface area contributed by atoms with Gasteiger partial charge in [-0.25, -0.2) is 0 Å². The summed E-state index contributed by atoms with van der Waals surface area (Å²) in [5, 5.41) is 0.262. The van der Waals surface area contributed by atoms with Crippen molar-refractivity contribution >= 4 is 29.1 Å². The van der Waals surface area contributed by atoms with Crippen molar-refractivity contribution in [2.24, 2.45) is 0 Å². The fourth-order valence-electron chi connectivity index (χ4n) is 3.26. The molecule has 1 fully saturated rings. The second-order valence-electron chi connectivity index (χ2n) is 5.77. The van der Waals surface area contributed by atoms with Gasteiger partial charge in [-0.1, -0.05) is 60.7 Å². The minimum atomic E-state index is -0.331. The highest BCUT2D eigenvalue weighted by Gasteiger charge is 2.48. The standard InChI is InChI=1S/C19H18N2O2S/c1-13(22)20-17(15-9-5-3-6-10-15)18(16-11-7-4-8-12-16)21(14(2)23)19(20)24/h3-12,17-18H,1-2H3/t17-,18-/m0/s1. The first-order chi connectivity index (χ1) is 11.5. The van der Waals surface area contributed by atoms with Crippen LogP contribution in [0, 0.1) is 0 Å². The Morgan fingerprint density at radius 2 is 1.08 bits per heavy atom. The third kappa shape index (κ3) is 2.71. The fourth-order valence-corrected chi connectivity index (χ4v) is 3.74. The van der Waals surface area contributed by atoms with Gasteiger partial charge in [0.2, 0.25) is 11.8 Å². The van der Waals surface area contributed by atoms with Crippen LogP contribution >= 0.6 is 12.2 Å². The van der Waals surface area contributed by atoms with Crippen molar-refractivity contribution in [2.45, 2.75) is 25.9 Å². The van der Waals surface area contributed by atoms with Crippen molar-refractivity contribution < 1.29 is 9.59 Å². The van der Waals surface area contributed by atoms with Crippen LogP contribution < -0.4 is 0 Å². The number of carbonyl (C=O) groups excluding carboxylic acids is 2. The molecule has 5 heteroatoms. The van der Waals surface area contributed by atoms with Crippen molar-refractivity contribution in [1.82, 2.24) is 9.80 Å². The van der Waals surface area contributed by atoms with E-state index in [1.165, 1.54) is 13.8 Å². The summed E-state index contributed by atoms with van der Waals surface area (Å²) in [6.45, 7) is 2.96. The third-order valence-electron chi connectivity index (χ3n) is 4.23. The molecule has 2 amide bonds. The summed E-state index contributed by atoms with van der Waals surface area (Å²) in [5.74, 6) is -0.336. The molecule has 0 aliphatic carbocycles. The second-order valence-corrected chi connectivity index (χ2v) is 6.14. The number of carbonyl (C=O) groups is 2. The lowest BCUT2D eigenvalue weighted by Gasteiger charge is -2.27. The normalized spacial score (nSPS) is 20.3. The van der Waals surface area contributed by atoms with Crippen LogP contribution in [0.1, 0.15) is 37.1 Å². The summed E-state index contributed by atoms with van der Waals surface area (Å²) in [5.41, 5.74) is 1.90. The first kappa shape index (κ1) is 16.3. The van der Waals surface area contributed by atoms with Gasteiger partial charge in [0.05, 0.1) is 12.1 Å². The van der Waals surface area contributed by atoms with Crippen molar-refractivity contribution in [1.29, 1.82) is 0 Å². The first-order valence-electron chi connectivity index (χ1n) is 7.76. The summed E-state index contributed by atoms with van der Waals surface area (Å²) < 4.78 is 0. The lowest BCUT2D eigenvalue weighted by Crippen LogP contribution is -2.37. The highest BCUT2D eigenvalue weighted by molar-refractivity contribution is 7.80. The van der Waals surface area contributed by atoms with Crippen LogP contribution in [-0.4, -0.2) is 26.7 Å². The average molecular weight is 338 g/mol. The molecular weight excluding hydrogens is 320 g/mol. The van der Waals surface area contributed by atoms with Crippen molar-refractivity contribution in [3.05, 3.63) is 71.8 Å². The van der Waals surface area contributed by atoms with Gasteiger partial charge in [-0.3, -0.25) is 19.4 Å². The topological polar surface area (TPSA) is 40.6 Å². The molecule has 1 heterocycles. The van der Waals surface area contributed by atoms with Crippen LogP contribution in [-0.2, 0) is 9.59 Å². The molecule has 0 aromatic heterocycles. The van der Waals surface area contributed by atoms with Gasteiger partial charge in [-0.15, -0.1) is 0 Å². The maximum absolute atomic E-state index is 12.3. The Labute approximate surface area is 146 Å². The summed E-state index contributed by atoms with van der Waals surface area (Å²) in [6, 6.07) is 18.7. The van der Waals surface area contributed by atoms with E-state index in [0.717, 1.165) is 11.1 Å². The molecule has 1 aliphatic rings. The third-order valence-corrected chi connectivity index (χ3v) is 4.62. The van der Waals surface area contributed by atoms with E-state index in [1.54, 1.807) is 9.80 Å². The Morgan fingerprint density at radius 1 is 0.750 bits per heavy atom. The number of benzene rings is 2. The molecule has 1 aliphatic heterocycles. The van der Waals surface area contributed by atoms with Crippen molar-refractivity contribution in [3.8, 4) is 0 Å². The maximum Gasteiger partial charge on any atom is 0.226 e. The van der Waals surface area contributed by atoms with Gasteiger partial charge in [-0.2, -0.15) is 0 Å². The van der Waals surface area contributed by atoms with E-state index in [9.17, 15) is 9.59 Å². The van der Waals surface area contributed by atoms with Crippen molar-refractivity contribution in [2.75, 3.05) is 0 Å². The van der Waals surface area contributed by atoms with E-state index in [1.807, 2.05) is 60.7 Å². The SMILES string of the molecule is CC(=O)N1C(=S)N(C(C)=O)[C@@H](c2ccccc2)[C@@H]1c1ccccc1. The Hall–Kier alpha value is -2.53. The molecule has 4 nitrogen and oxygen atoms in total. The molecule has 2 aromatic rings. The zero-order valence-corrected chi connectivity index (χ0v) is 14.4. The molecule has 0 unspecified atom stereocenters. The Morgan fingerprint density at radius 3 is 1.38 bits per heavy atom. The predicted molar refractivity (Wildman–Crippen MR) is 96.0 cm³/mol. The summed E-state index contributed by atoms with van der Waals surface area (Å²) in [7, 11) is 0. The number of thiocarbonyl (C=S) groups is 1. The highest BCUT2D eigenvalue weighted by Crippen LogP contribution is 2.45. The summed E-state index contributed by atoms with van der Waals surface area (Å²) in [4.78, 5) is 27.7. The number of nitrogens with zero attached hydrogens (tertiary/aromatic N) is 2. The van der Waals surface area contributed by atoms with E-state index in [0.29, 0.717) is 0 Å². The zero-order chi connectivity index (χ0) is 17.3. The number of amides is 2. The monoisotopic (exact) mass is 338 g/mol. The highest BCUT2D eigenvalue weighted by atomic mass is 32.1. The van der Waals surface area contributed by atoms with E-state index in [4.69, 9.17) is 12.2 Å². The second kappa shape index (κ2) is 6.53. The fraction of sp³-hybridized carbons (Fsp3) is 0.211. The largest absolute Gasteiger partial charge is 0.279 e. The molecule has 0 radical (unpaired) electrons. The Kier molecular flexibility index (Phi) is 4.44. The van der Waals surface area contributed by atoms with Crippen LogP contribution in [0.3, 0.4) is 0 Å². The van der Waals surface area contributed by atoms with Crippen LogP contribution in [0.25, 0.3) is 0 Å². The van der Waals surface area contributed by atoms with Gasteiger partial charge < -0.3 is 0 Å². The van der Waals surface area contributed by atoms with E-state index in [2.05, 4.69) is 0 Å². The van der Waals surface area contributed by atoms with E-state index in [-0.39, 0.29) is 29.0 Å². The minimum absolute atomic E-state index is 0.168. The van der Waals surface area contributed by atoms with Crippen LogP contribution in [0.2, 0.25) is 0 Å². The molecule has 24 heavy (non-hydrogen) atoms. The molecular formula is C19H18N2O2S. The number of rotatable bonds is 2. The Balaban J connectivity index is 2.20. The van der Waals surface area contributed by atoms with Gasteiger partial charge in [0.25, 0.3) is 0 Å². The molecule has 1 saturated heterocycles. The van der Waals surface area contributed by atoms with Crippen molar-refractivity contribution in [3.63, 3.8) is 0 Å². The quantitative estimate of drug-likeness (QED) is 0.787. The first-order valence-corrected chi connectivity index (χ1v) is 8.16. The molecule has 0 spiro atoms. The van der Waals surface area contributed by atoms with Gasteiger partial charge in [0.15, 0.2) is 5.11 Å². The average Bonchev–Trinajstić information content (AvgIpc) is 2.90.